The lowest BCUT2D eigenvalue weighted by Gasteiger charge is -2.23. The van der Waals surface area contributed by atoms with Crippen molar-refractivity contribution in [2.75, 3.05) is 0 Å². The molecule has 3 heteroatoms. The third-order valence-electron chi connectivity index (χ3n) is 2.86. The van der Waals surface area contributed by atoms with E-state index in [4.69, 9.17) is 4.52 Å². The zero-order chi connectivity index (χ0) is 13.9. The molecule has 0 saturated carbocycles. The number of para-hydroxylation sites is 1. The molecule has 0 radical (unpaired) electrons. The molecule has 2 aromatic rings. The fraction of sp³-hybridized carbons (Fsp3) is 0.250. The van der Waals surface area contributed by atoms with Crippen LogP contribution in [-0.2, 0) is 5.41 Å². The Kier molecular flexibility index (Phi) is 4.24. The molecule has 0 amide bonds. The second-order valence-corrected chi connectivity index (χ2v) is 6.69. The van der Waals surface area contributed by atoms with Crippen LogP contribution in [0.4, 0.5) is 0 Å². The summed E-state index contributed by atoms with van der Waals surface area (Å²) in [5.41, 5.74) is 1.09. The highest BCUT2D eigenvalue weighted by Crippen LogP contribution is 2.38. The van der Waals surface area contributed by atoms with Gasteiger partial charge in [-0.3, -0.25) is 0 Å². The van der Waals surface area contributed by atoms with Crippen LogP contribution in [-0.4, -0.2) is 4.89 Å². The summed E-state index contributed by atoms with van der Waals surface area (Å²) < 4.78 is 5.78. The van der Waals surface area contributed by atoms with Gasteiger partial charge in [-0.15, -0.1) is 0 Å². The van der Waals surface area contributed by atoms with Crippen LogP contribution in [0.2, 0.25) is 0 Å². The molecule has 0 spiro atoms. The van der Waals surface area contributed by atoms with E-state index in [1.54, 1.807) is 0 Å². The van der Waals surface area contributed by atoms with Crippen LogP contribution >= 0.6 is 8.38 Å². The van der Waals surface area contributed by atoms with Crippen LogP contribution < -0.4 is 9.83 Å². The second-order valence-electron chi connectivity index (χ2n) is 5.45. The Labute approximate surface area is 116 Å². The molecule has 0 saturated heterocycles. The smallest absolute Gasteiger partial charge is 0.262 e. The van der Waals surface area contributed by atoms with Gasteiger partial charge in [-0.05, 0) is 29.2 Å². The molecule has 0 heterocycles. The number of benzene rings is 2. The van der Waals surface area contributed by atoms with Gasteiger partial charge in [0.2, 0.25) is 0 Å². The van der Waals surface area contributed by atoms with Gasteiger partial charge < -0.3 is 9.42 Å². The first kappa shape index (κ1) is 14.0. The average Bonchev–Trinajstić information content (AvgIpc) is 2.39. The molecule has 0 aliphatic carbocycles. The molecule has 0 fully saturated rings. The lowest BCUT2D eigenvalue weighted by Crippen LogP contribution is -2.13. The lowest BCUT2D eigenvalue weighted by atomic mass is 9.86. The normalized spacial score (nSPS) is 13.1. The quantitative estimate of drug-likeness (QED) is 0.857. The standard InChI is InChI=1S/C16H19O2P/c1-16(2,3)14-11-7-8-12-15(14)18-19(17)13-9-5-4-6-10-13/h4-12,17H,1-3H3. The average molecular weight is 274 g/mol. The van der Waals surface area contributed by atoms with Gasteiger partial charge in [-0.1, -0.05) is 57.2 Å². The van der Waals surface area contributed by atoms with Crippen LogP contribution in [0.1, 0.15) is 26.3 Å². The first-order valence-corrected chi connectivity index (χ1v) is 7.51. The molecule has 2 aromatic carbocycles. The zero-order valence-electron chi connectivity index (χ0n) is 11.5. The van der Waals surface area contributed by atoms with Crippen molar-refractivity contribution in [3.05, 3.63) is 60.2 Å². The van der Waals surface area contributed by atoms with Crippen LogP contribution in [0, 0.1) is 0 Å². The van der Waals surface area contributed by atoms with Crippen LogP contribution in [0.3, 0.4) is 0 Å². The van der Waals surface area contributed by atoms with Crippen molar-refractivity contribution in [2.24, 2.45) is 0 Å². The van der Waals surface area contributed by atoms with E-state index in [9.17, 15) is 4.89 Å². The van der Waals surface area contributed by atoms with Crippen LogP contribution in [0.15, 0.2) is 54.6 Å². The molecule has 0 aliphatic rings. The molecular formula is C16H19O2P. The van der Waals surface area contributed by atoms with Gasteiger partial charge in [0.1, 0.15) is 5.75 Å². The maximum Gasteiger partial charge on any atom is 0.262 e. The molecule has 19 heavy (non-hydrogen) atoms. The van der Waals surface area contributed by atoms with Gasteiger partial charge in [0.25, 0.3) is 8.38 Å². The monoisotopic (exact) mass is 274 g/mol. The molecule has 100 valence electrons. The van der Waals surface area contributed by atoms with Gasteiger partial charge in [0.05, 0.1) is 0 Å². The van der Waals surface area contributed by atoms with Crippen molar-refractivity contribution in [1.29, 1.82) is 0 Å². The highest BCUT2D eigenvalue weighted by atomic mass is 31.2. The van der Waals surface area contributed by atoms with Crippen LogP contribution in [0.5, 0.6) is 5.75 Å². The maximum atomic E-state index is 10.2. The zero-order valence-corrected chi connectivity index (χ0v) is 12.4. The van der Waals surface area contributed by atoms with Gasteiger partial charge in [-0.2, -0.15) is 0 Å². The summed E-state index contributed by atoms with van der Waals surface area (Å²) >= 11 is 0. The van der Waals surface area contributed by atoms with E-state index in [0.29, 0.717) is 0 Å². The first-order chi connectivity index (χ1) is 8.98. The van der Waals surface area contributed by atoms with E-state index in [1.807, 2.05) is 54.6 Å². The predicted octanol–water partition coefficient (Wildman–Crippen LogP) is 3.99. The fourth-order valence-electron chi connectivity index (χ4n) is 1.87. The Morgan fingerprint density at radius 2 is 1.47 bits per heavy atom. The van der Waals surface area contributed by atoms with Gasteiger partial charge in [0, 0.05) is 5.30 Å². The number of rotatable bonds is 3. The molecule has 1 atom stereocenters. The summed E-state index contributed by atoms with van der Waals surface area (Å²) in [6, 6.07) is 17.4. The third kappa shape index (κ3) is 3.56. The largest absolute Gasteiger partial charge is 0.444 e. The number of hydrogen-bond donors (Lipinski definition) is 1. The summed E-state index contributed by atoms with van der Waals surface area (Å²) in [5.74, 6) is 0.757. The summed E-state index contributed by atoms with van der Waals surface area (Å²) in [4.78, 5) is 10.2. The predicted molar refractivity (Wildman–Crippen MR) is 81.0 cm³/mol. The molecule has 0 aromatic heterocycles. The van der Waals surface area contributed by atoms with Gasteiger partial charge in [0.15, 0.2) is 0 Å². The van der Waals surface area contributed by atoms with E-state index in [2.05, 4.69) is 20.8 Å². The van der Waals surface area contributed by atoms with E-state index in [1.165, 1.54) is 0 Å². The van der Waals surface area contributed by atoms with Crippen molar-refractivity contribution in [1.82, 2.24) is 0 Å². The van der Waals surface area contributed by atoms with E-state index in [-0.39, 0.29) is 5.41 Å². The summed E-state index contributed by atoms with van der Waals surface area (Å²) in [5, 5.41) is 0.821. The lowest BCUT2D eigenvalue weighted by molar-refractivity contribution is 0.479. The Morgan fingerprint density at radius 1 is 0.895 bits per heavy atom. The van der Waals surface area contributed by atoms with E-state index >= 15 is 0 Å². The van der Waals surface area contributed by atoms with Crippen molar-refractivity contribution in [2.45, 2.75) is 26.2 Å². The number of hydrogen-bond acceptors (Lipinski definition) is 2. The van der Waals surface area contributed by atoms with Gasteiger partial charge in [-0.25, -0.2) is 0 Å². The SMILES string of the molecule is CC(C)(C)c1ccccc1OP(O)c1ccccc1. The van der Waals surface area contributed by atoms with Crippen molar-refractivity contribution >= 4 is 13.7 Å². The highest BCUT2D eigenvalue weighted by molar-refractivity contribution is 7.55. The van der Waals surface area contributed by atoms with Crippen molar-refractivity contribution in [3.63, 3.8) is 0 Å². The molecule has 2 rings (SSSR count). The molecule has 1 unspecified atom stereocenters. The minimum absolute atomic E-state index is 0.0105. The maximum absolute atomic E-state index is 10.2. The minimum Gasteiger partial charge on any atom is -0.444 e. The minimum atomic E-state index is -1.62. The van der Waals surface area contributed by atoms with Crippen molar-refractivity contribution < 1.29 is 9.42 Å². The summed E-state index contributed by atoms with van der Waals surface area (Å²) in [6.45, 7) is 6.41. The Hall–Kier alpha value is -1.37. The third-order valence-corrected chi connectivity index (χ3v) is 3.97. The van der Waals surface area contributed by atoms with Crippen LogP contribution in [0.25, 0.3) is 0 Å². The van der Waals surface area contributed by atoms with Crippen molar-refractivity contribution in [3.8, 4) is 5.75 Å². The molecule has 0 bridgehead atoms. The first-order valence-electron chi connectivity index (χ1n) is 6.30. The molecular weight excluding hydrogens is 255 g/mol. The highest BCUT2D eigenvalue weighted by Gasteiger charge is 2.20. The molecule has 2 nitrogen and oxygen atoms in total. The summed E-state index contributed by atoms with van der Waals surface area (Å²) in [7, 11) is -1.62. The summed E-state index contributed by atoms with van der Waals surface area (Å²) in [6.07, 6.45) is 0. The molecule has 0 aliphatic heterocycles. The topological polar surface area (TPSA) is 29.5 Å². The molecule has 1 N–H and O–H groups in total. The van der Waals surface area contributed by atoms with E-state index < -0.39 is 8.38 Å². The Morgan fingerprint density at radius 3 is 2.11 bits per heavy atom. The fourth-order valence-corrected chi connectivity index (χ4v) is 2.75. The Bertz CT molecular complexity index is 532. The second kappa shape index (κ2) is 5.73. The van der Waals surface area contributed by atoms with Gasteiger partial charge >= 0.3 is 0 Å². The Balaban J connectivity index is 2.25. The van der Waals surface area contributed by atoms with E-state index in [0.717, 1.165) is 16.6 Å².